The summed E-state index contributed by atoms with van der Waals surface area (Å²) in [6.07, 6.45) is 1.78. The summed E-state index contributed by atoms with van der Waals surface area (Å²) in [4.78, 5) is 16.7. The topological polar surface area (TPSA) is 42.0 Å². The van der Waals surface area contributed by atoms with E-state index in [0.29, 0.717) is 9.61 Å². The lowest BCUT2D eigenvalue weighted by molar-refractivity contribution is -0.112. The fourth-order valence-corrected chi connectivity index (χ4v) is 3.18. The smallest absolute Gasteiger partial charge is 0.264 e. The third-order valence-electron chi connectivity index (χ3n) is 3.38. The minimum atomic E-state index is -0.219. The van der Waals surface area contributed by atoms with Crippen molar-refractivity contribution < 1.29 is 4.79 Å². The molecule has 0 unspecified atom stereocenters. The van der Waals surface area contributed by atoms with Crippen LogP contribution in [0.2, 0.25) is 0 Å². The van der Waals surface area contributed by atoms with E-state index >= 15 is 0 Å². The van der Waals surface area contributed by atoms with Crippen molar-refractivity contribution in [3.8, 4) is 11.3 Å². The van der Waals surface area contributed by atoms with Crippen LogP contribution in [0, 0.1) is 6.92 Å². The molecule has 3 rings (SSSR count). The van der Waals surface area contributed by atoms with Gasteiger partial charge < -0.3 is 0 Å². The molecule has 1 aromatic heterocycles. The third kappa shape index (κ3) is 4.19. The molecule has 0 aliphatic heterocycles. The number of hydrogen-bond donors (Lipinski definition) is 1. The van der Waals surface area contributed by atoms with Gasteiger partial charge >= 0.3 is 0 Å². The standard InChI is InChI=1S/C19H15BrN2OS/c1-13-7-9-15(10-8-13)17-12-24-19(21-17)22-18(23)16(20)11-14-5-3-2-4-6-14/h2-12H,1H3,(H,21,22,23)/b16-11-. The summed E-state index contributed by atoms with van der Waals surface area (Å²) >= 11 is 4.73. The Balaban J connectivity index is 1.71. The average molecular weight is 399 g/mol. The van der Waals surface area contributed by atoms with Gasteiger partial charge in [-0.15, -0.1) is 11.3 Å². The highest BCUT2D eigenvalue weighted by atomic mass is 79.9. The molecule has 3 aromatic rings. The van der Waals surface area contributed by atoms with Crippen molar-refractivity contribution in [2.45, 2.75) is 6.92 Å². The molecule has 0 saturated carbocycles. The monoisotopic (exact) mass is 398 g/mol. The van der Waals surface area contributed by atoms with Gasteiger partial charge in [0, 0.05) is 10.9 Å². The first-order valence-corrected chi connectivity index (χ1v) is 9.05. The first-order chi connectivity index (χ1) is 11.6. The Morgan fingerprint density at radius 3 is 2.54 bits per heavy atom. The van der Waals surface area contributed by atoms with E-state index in [0.717, 1.165) is 16.8 Å². The van der Waals surface area contributed by atoms with Crippen molar-refractivity contribution >= 4 is 44.4 Å². The molecular weight excluding hydrogens is 384 g/mol. The summed E-state index contributed by atoms with van der Waals surface area (Å²) in [5.74, 6) is -0.219. The summed E-state index contributed by atoms with van der Waals surface area (Å²) in [6, 6.07) is 17.8. The molecule has 0 radical (unpaired) electrons. The van der Waals surface area contributed by atoms with E-state index in [9.17, 15) is 4.79 Å². The number of aryl methyl sites for hydroxylation is 1. The highest BCUT2D eigenvalue weighted by Gasteiger charge is 2.10. The number of carbonyl (C=O) groups is 1. The second-order valence-electron chi connectivity index (χ2n) is 5.26. The van der Waals surface area contributed by atoms with Gasteiger partial charge in [0.15, 0.2) is 5.13 Å². The van der Waals surface area contributed by atoms with Crippen molar-refractivity contribution in [2.24, 2.45) is 0 Å². The van der Waals surface area contributed by atoms with Crippen molar-refractivity contribution in [3.05, 3.63) is 75.6 Å². The van der Waals surface area contributed by atoms with E-state index in [1.165, 1.54) is 16.9 Å². The van der Waals surface area contributed by atoms with Crippen LogP contribution in [0.15, 0.2) is 64.5 Å². The molecule has 0 saturated heterocycles. The second kappa shape index (κ2) is 7.55. The number of nitrogens with zero attached hydrogens (tertiary/aromatic N) is 1. The lowest BCUT2D eigenvalue weighted by Gasteiger charge is -2.01. The van der Waals surface area contributed by atoms with Crippen LogP contribution in [0.4, 0.5) is 5.13 Å². The van der Waals surface area contributed by atoms with Crippen molar-refractivity contribution in [1.82, 2.24) is 4.98 Å². The van der Waals surface area contributed by atoms with Gasteiger partial charge in [-0.3, -0.25) is 10.1 Å². The predicted molar refractivity (Wildman–Crippen MR) is 104 cm³/mol. The Hall–Kier alpha value is -2.24. The van der Waals surface area contributed by atoms with E-state index in [1.54, 1.807) is 6.08 Å². The Kier molecular flexibility index (Phi) is 5.23. The Bertz CT molecular complexity index is 870. The fraction of sp³-hybridized carbons (Fsp3) is 0.0526. The van der Waals surface area contributed by atoms with Crippen LogP contribution in [-0.4, -0.2) is 10.9 Å². The fourth-order valence-electron chi connectivity index (χ4n) is 2.11. The normalized spacial score (nSPS) is 11.3. The summed E-state index contributed by atoms with van der Waals surface area (Å²) in [7, 11) is 0. The van der Waals surface area contributed by atoms with Gasteiger partial charge in [-0.25, -0.2) is 4.98 Å². The van der Waals surface area contributed by atoms with Gasteiger partial charge in [0.25, 0.3) is 5.91 Å². The number of carbonyl (C=O) groups excluding carboxylic acids is 1. The summed E-state index contributed by atoms with van der Waals surface area (Å²) in [6.45, 7) is 2.05. The molecule has 1 heterocycles. The maximum Gasteiger partial charge on any atom is 0.264 e. The third-order valence-corrected chi connectivity index (χ3v) is 4.73. The van der Waals surface area contributed by atoms with Crippen LogP contribution in [0.3, 0.4) is 0 Å². The minimum Gasteiger partial charge on any atom is -0.297 e. The molecule has 3 nitrogen and oxygen atoms in total. The molecular formula is C19H15BrN2OS. The molecule has 0 aliphatic carbocycles. The first kappa shape index (κ1) is 16.6. The van der Waals surface area contributed by atoms with Gasteiger partial charge in [-0.2, -0.15) is 0 Å². The molecule has 0 spiro atoms. The predicted octanol–water partition coefficient (Wildman–Crippen LogP) is 5.49. The summed E-state index contributed by atoms with van der Waals surface area (Å²) in [5, 5.41) is 5.33. The zero-order valence-corrected chi connectivity index (χ0v) is 15.4. The Morgan fingerprint density at radius 2 is 1.83 bits per heavy atom. The maximum absolute atomic E-state index is 12.2. The molecule has 0 bridgehead atoms. The summed E-state index contributed by atoms with van der Waals surface area (Å²) in [5.41, 5.74) is 4.06. The van der Waals surface area contributed by atoms with E-state index in [-0.39, 0.29) is 5.91 Å². The first-order valence-electron chi connectivity index (χ1n) is 7.38. The maximum atomic E-state index is 12.2. The molecule has 24 heavy (non-hydrogen) atoms. The van der Waals surface area contributed by atoms with E-state index in [2.05, 4.69) is 26.2 Å². The van der Waals surface area contributed by atoms with Crippen molar-refractivity contribution in [3.63, 3.8) is 0 Å². The number of rotatable bonds is 4. The lowest BCUT2D eigenvalue weighted by Crippen LogP contribution is -2.10. The van der Waals surface area contributed by atoms with Gasteiger partial charge in [0.1, 0.15) is 0 Å². The molecule has 120 valence electrons. The van der Waals surface area contributed by atoms with Crippen LogP contribution in [0.25, 0.3) is 17.3 Å². The number of benzene rings is 2. The summed E-state index contributed by atoms with van der Waals surface area (Å²) < 4.78 is 0.459. The average Bonchev–Trinajstić information content (AvgIpc) is 3.05. The van der Waals surface area contributed by atoms with Gasteiger partial charge in [0.2, 0.25) is 0 Å². The van der Waals surface area contributed by atoms with E-state index in [4.69, 9.17) is 0 Å². The quantitative estimate of drug-likeness (QED) is 0.590. The molecule has 0 atom stereocenters. The zero-order chi connectivity index (χ0) is 16.9. The van der Waals surface area contributed by atoms with Gasteiger partial charge in [0.05, 0.1) is 10.2 Å². The molecule has 1 amide bonds. The van der Waals surface area contributed by atoms with Gasteiger partial charge in [-0.05, 0) is 34.5 Å². The number of amides is 1. The lowest BCUT2D eigenvalue weighted by atomic mass is 10.1. The molecule has 2 aromatic carbocycles. The number of hydrogen-bond acceptors (Lipinski definition) is 3. The SMILES string of the molecule is Cc1ccc(-c2csc(NC(=O)/C(Br)=C/c3ccccc3)n2)cc1. The van der Waals surface area contributed by atoms with E-state index < -0.39 is 0 Å². The number of anilines is 1. The number of thiazole rings is 1. The number of aromatic nitrogens is 1. The van der Waals surface area contributed by atoms with Gasteiger partial charge in [-0.1, -0.05) is 60.2 Å². The Labute approximate surface area is 153 Å². The van der Waals surface area contributed by atoms with Crippen molar-refractivity contribution in [1.29, 1.82) is 0 Å². The van der Waals surface area contributed by atoms with E-state index in [1.807, 2.05) is 66.9 Å². The zero-order valence-electron chi connectivity index (χ0n) is 13.0. The number of nitrogens with one attached hydrogen (secondary N) is 1. The molecule has 1 N–H and O–H groups in total. The highest BCUT2D eigenvalue weighted by Crippen LogP contribution is 2.26. The molecule has 0 aliphatic rings. The molecule has 0 fully saturated rings. The van der Waals surface area contributed by atoms with Crippen LogP contribution < -0.4 is 5.32 Å². The highest BCUT2D eigenvalue weighted by molar-refractivity contribution is 9.12. The largest absolute Gasteiger partial charge is 0.297 e. The second-order valence-corrected chi connectivity index (χ2v) is 6.97. The van der Waals surface area contributed by atoms with Crippen LogP contribution in [0.1, 0.15) is 11.1 Å². The molecule has 5 heteroatoms. The van der Waals surface area contributed by atoms with Crippen molar-refractivity contribution in [2.75, 3.05) is 5.32 Å². The number of halogens is 1. The Morgan fingerprint density at radius 1 is 1.12 bits per heavy atom. The van der Waals surface area contributed by atoms with Crippen LogP contribution in [-0.2, 0) is 4.79 Å². The van der Waals surface area contributed by atoms with Crippen LogP contribution in [0.5, 0.6) is 0 Å². The minimum absolute atomic E-state index is 0.219. The van der Waals surface area contributed by atoms with Crippen LogP contribution >= 0.6 is 27.3 Å².